The van der Waals surface area contributed by atoms with E-state index in [9.17, 15) is 18.0 Å². The molecule has 2 aliphatic rings. The maximum Gasteiger partial charge on any atom is 0.340 e. The van der Waals surface area contributed by atoms with E-state index in [1.807, 2.05) is 18.2 Å². The topological polar surface area (TPSA) is 132 Å². The van der Waals surface area contributed by atoms with Gasteiger partial charge in [-0.2, -0.15) is 0 Å². The summed E-state index contributed by atoms with van der Waals surface area (Å²) in [7, 11) is -2.10. The molecule has 10 heteroatoms. The minimum absolute atomic E-state index is 0.00192. The lowest BCUT2D eigenvalue weighted by molar-refractivity contribution is -0.112. The highest BCUT2D eigenvalue weighted by atomic mass is 35.5. The molecule has 2 unspecified atom stereocenters. The van der Waals surface area contributed by atoms with Crippen LogP contribution in [0.1, 0.15) is 46.7 Å². The monoisotopic (exact) mass is 487 g/mol. The first-order valence-corrected chi connectivity index (χ1v) is 12.7. The zero-order chi connectivity index (χ0) is 23.7. The zero-order valence-electron chi connectivity index (χ0n) is 18.0. The Hall–Kier alpha value is -2.91. The molecule has 2 saturated carbocycles. The second-order valence-corrected chi connectivity index (χ2v) is 11.5. The number of hydrogen-bond acceptors (Lipinski definition) is 7. The Morgan fingerprint density at radius 2 is 2.00 bits per heavy atom. The predicted octanol–water partition coefficient (Wildman–Crippen LogP) is 3.50. The van der Waals surface area contributed by atoms with E-state index in [4.69, 9.17) is 22.1 Å². The maximum atomic E-state index is 12.7. The van der Waals surface area contributed by atoms with Gasteiger partial charge in [0.25, 0.3) is 0 Å². The van der Waals surface area contributed by atoms with E-state index in [0.717, 1.165) is 5.56 Å². The van der Waals surface area contributed by atoms with Crippen molar-refractivity contribution in [3.63, 3.8) is 0 Å². The second-order valence-electron chi connectivity index (χ2n) is 8.84. The van der Waals surface area contributed by atoms with E-state index >= 15 is 0 Å². The van der Waals surface area contributed by atoms with E-state index in [1.165, 1.54) is 19.6 Å². The summed E-state index contributed by atoms with van der Waals surface area (Å²) >= 11 is 5.69. The van der Waals surface area contributed by atoms with Gasteiger partial charge in [0, 0.05) is 35.0 Å². The Balaban J connectivity index is 1.72. The normalized spacial score (nSPS) is 21.1. The van der Waals surface area contributed by atoms with Gasteiger partial charge in [0.2, 0.25) is 5.24 Å². The average Bonchev–Trinajstić information content (AvgIpc) is 3.68. The van der Waals surface area contributed by atoms with Crippen molar-refractivity contribution < 1.29 is 22.7 Å². The van der Waals surface area contributed by atoms with E-state index in [0.29, 0.717) is 47.0 Å². The van der Waals surface area contributed by atoms with Crippen LogP contribution in [-0.4, -0.2) is 43.0 Å². The number of aromatic amines is 1. The third-order valence-corrected chi connectivity index (χ3v) is 9.18. The fourth-order valence-electron chi connectivity index (χ4n) is 4.74. The Labute approximate surface area is 195 Å². The summed E-state index contributed by atoms with van der Waals surface area (Å²) in [6.45, 7) is 0. The maximum absolute atomic E-state index is 12.7. The van der Waals surface area contributed by atoms with Gasteiger partial charge in [-0.05, 0) is 60.0 Å². The number of nitrogens with zero attached hydrogens (tertiary/aromatic N) is 1. The first-order valence-electron chi connectivity index (χ1n) is 10.5. The van der Waals surface area contributed by atoms with Crippen LogP contribution in [0.4, 0.5) is 5.82 Å². The molecule has 172 valence electrons. The number of hydrogen-bond donors (Lipinski definition) is 2. The minimum atomic E-state index is -3.38. The molecule has 0 saturated heterocycles. The van der Waals surface area contributed by atoms with Gasteiger partial charge < -0.3 is 15.5 Å². The van der Waals surface area contributed by atoms with Crippen LogP contribution in [0.15, 0.2) is 30.5 Å². The average molecular weight is 488 g/mol. The van der Waals surface area contributed by atoms with Gasteiger partial charge in [-0.3, -0.25) is 4.79 Å². The smallest absolute Gasteiger partial charge is 0.340 e. The Morgan fingerprint density at radius 3 is 2.58 bits per heavy atom. The molecule has 0 spiro atoms. The summed E-state index contributed by atoms with van der Waals surface area (Å²) in [5, 5.41) is 0.165. The number of nitrogens with two attached hydrogens (primary N) is 1. The number of nitrogen functional groups attached to an aromatic ring is 1. The van der Waals surface area contributed by atoms with Gasteiger partial charge in [-0.25, -0.2) is 18.2 Å². The van der Waals surface area contributed by atoms with Crippen LogP contribution in [0.5, 0.6) is 0 Å². The molecule has 2 atom stereocenters. The van der Waals surface area contributed by atoms with Crippen molar-refractivity contribution in [1.29, 1.82) is 0 Å². The molecule has 0 amide bonds. The molecule has 0 radical (unpaired) electrons. The molecule has 2 heterocycles. The lowest BCUT2D eigenvalue weighted by Crippen LogP contribution is -2.20. The number of anilines is 1. The molecular weight excluding hydrogens is 466 g/mol. The molecule has 3 aromatic rings. The van der Waals surface area contributed by atoms with E-state index in [1.54, 1.807) is 6.07 Å². The highest BCUT2D eigenvalue weighted by Gasteiger charge is 2.55. The van der Waals surface area contributed by atoms with Crippen LogP contribution >= 0.6 is 11.6 Å². The number of fused-ring (bicyclic) bond motifs is 1. The lowest BCUT2D eigenvalue weighted by atomic mass is 9.95. The van der Waals surface area contributed by atoms with Crippen molar-refractivity contribution in [2.75, 3.05) is 19.1 Å². The number of pyridine rings is 1. The molecule has 2 fully saturated rings. The summed E-state index contributed by atoms with van der Waals surface area (Å²) in [5.41, 5.74) is 9.67. The molecule has 33 heavy (non-hydrogen) atoms. The highest BCUT2D eigenvalue weighted by Crippen LogP contribution is 2.56. The quantitative estimate of drug-likeness (QED) is 0.401. The molecule has 0 bridgehead atoms. The second kappa shape index (κ2) is 7.30. The largest absolute Gasteiger partial charge is 0.465 e. The van der Waals surface area contributed by atoms with Crippen molar-refractivity contribution in [2.24, 2.45) is 5.92 Å². The minimum Gasteiger partial charge on any atom is -0.465 e. The number of nitrogens with one attached hydrogen (secondary N) is 1. The fraction of sp³-hybridized carbons (Fsp3) is 0.348. The van der Waals surface area contributed by atoms with Crippen LogP contribution < -0.4 is 5.73 Å². The van der Waals surface area contributed by atoms with E-state index < -0.39 is 20.6 Å². The summed E-state index contributed by atoms with van der Waals surface area (Å²) in [5.74, 6) is -0.578. The molecule has 8 nitrogen and oxygen atoms in total. The third kappa shape index (κ3) is 3.41. The number of rotatable bonds is 6. The van der Waals surface area contributed by atoms with Crippen LogP contribution in [0.2, 0.25) is 0 Å². The lowest BCUT2D eigenvalue weighted by Gasteiger charge is -2.19. The van der Waals surface area contributed by atoms with Gasteiger partial charge in [0.1, 0.15) is 5.82 Å². The summed E-state index contributed by atoms with van der Waals surface area (Å²) in [6, 6.07) is 7.39. The van der Waals surface area contributed by atoms with Crippen molar-refractivity contribution in [3.8, 4) is 11.3 Å². The van der Waals surface area contributed by atoms with Gasteiger partial charge in [-0.1, -0.05) is 12.1 Å². The van der Waals surface area contributed by atoms with Crippen LogP contribution in [0.3, 0.4) is 0 Å². The van der Waals surface area contributed by atoms with Crippen molar-refractivity contribution in [1.82, 2.24) is 9.97 Å². The number of H-pyrrole nitrogens is 1. The van der Waals surface area contributed by atoms with Gasteiger partial charge in [0.05, 0.1) is 22.9 Å². The van der Waals surface area contributed by atoms with Gasteiger partial charge >= 0.3 is 5.97 Å². The van der Waals surface area contributed by atoms with Crippen molar-refractivity contribution in [3.05, 3.63) is 47.2 Å². The number of aromatic nitrogens is 2. The standard InChI is InChI=1S/C23H22ClN3O5S/c1-32-22(29)16-10-26-21(25)19-13(16)9-18(27-19)15-7-11(12-8-14(12)20(24)28)3-4-17(15)23(5-6-23)33(2,30)31/h3-4,7,9-10,12,14,27H,5-6,8H2,1-2H3,(H2,25,26). The van der Waals surface area contributed by atoms with Crippen LogP contribution in [0.25, 0.3) is 22.2 Å². The number of halogens is 1. The molecule has 2 aromatic heterocycles. The molecule has 3 N–H and O–H groups in total. The van der Waals surface area contributed by atoms with Crippen molar-refractivity contribution >= 4 is 49.4 Å². The number of carbonyl (C=O) groups is 2. The Bertz CT molecular complexity index is 1440. The number of carbonyl (C=O) groups excluding carboxylic acids is 2. The zero-order valence-corrected chi connectivity index (χ0v) is 19.6. The first kappa shape index (κ1) is 21.9. The summed E-state index contributed by atoms with van der Waals surface area (Å²) in [6.07, 6.45) is 4.33. The van der Waals surface area contributed by atoms with Crippen LogP contribution in [0, 0.1) is 5.92 Å². The highest BCUT2D eigenvalue weighted by molar-refractivity contribution is 7.92. The van der Waals surface area contributed by atoms with Gasteiger partial charge in [-0.15, -0.1) is 0 Å². The third-order valence-electron chi connectivity index (χ3n) is 6.85. The molecule has 5 rings (SSSR count). The molecule has 1 aromatic carbocycles. The van der Waals surface area contributed by atoms with Crippen LogP contribution in [-0.2, 0) is 24.1 Å². The number of esters is 1. The van der Waals surface area contributed by atoms with Crippen molar-refractivity contribution in [2.45, 2.75) is 29.9 Å². The molecule has 0 aliphatic heterocycles. The van der Waals surface area contributed by atoms with E-state index in [2.05, 4.69) is 9.97 Å². The number of ether oxygens (including phenoxy) is 1. The SMILES string of the molecule is COC(=O)c1cnc(N)c2[nH]c(-c3cc(C4CC4C(=O)Cl)ccc3C3(S(C)(=O)=O)CC3)cc12. The van der Waals surface area contributed by atoms with Gasteiger partial charge in [0.15, 0.2) is 9.84 Å². The number of benzene rings is 1. The Kier molecular flexibility index (Phi) is 4.84. The number of methoxy groups -OCH3 is 1. The van der Waals surface area contributed by atoms with E-state index in [-0.39, 0.29) is 28.5 Å². The molecular formula is C23H22ClN3O5S. The summed E-state index contributed by atoms with van der Waals surface area (Å²) in [4.78, 5) is 31.2. The predicted molar refractivity (Wildman–Crippen MR) is 125 cm³/mol. The first-order chi connectivity index (χ1) is 15.6. The Morgan fingerprint density at radius 1 is 1.27 bits per heavy atom. The number of sulfone groups is 1. The fourth-order valence-corrected chi connectivity index (χ4v) is 6.40. The molecule has 2 aliphatic carbocycles. The summed E-state index contributed by atoms with van der Waals surface area (Å²) < 4.78 is 29.3.